The van der Waals surface area contributed by atoms with Crippen LogP contribution in [0.25, 0.3) is 0 Å². The molecule has 1 rings (SSSR count). The first-order valence-electron chi connectivity index (χ1n) is 5.50. The number of guanidine groups is 1. The van der Waals surface area contributed by atoms with Crippen LogP contribution in [0.1, 0.15) is 25.1 Å². The smallest absolute Gasteiger partial charge is 0.228 e. The number of nitrogens with zero attached hydrogens (tertiary/aromatic N) is 3. The molecule has 1 aromatic rings. The fourth-order valence-electron chi connectivity index (χ4n) is 1.19. The van der Waals surface area contributed by atoms with Gasteiger partial charge in [-0.3, -0.25) is 4.99 Å². The van der Waals surface area contributed by atoms with E-state index in [0.717, 1.165) is 25.5 Å². The van der Waals surface area contributed by atoms with Crippen LogP contribution in [0.5, 0.6) is 0 Å². The number of aryl methyl sites for hydroxylation is 1. The lowest BCUT2D eigenvalue weighted by Crippen LogP contribution is -2.38. The molecule has 98 valence electrons. The maximum Gasteiger partial charge on any atom is 0.228 e. The lowest BCUT2D eigenvalue weighted by molar-refractivity contribution is 0.374. The van der Waals surface area contributed by atoms with Crippen molar-refractivity contribution in [3.8, 4) is 0 Å². The molecule has 2 N–H and O–H groups in total. The Morgan fingerprint density at radius 1 is 1.35 bits per heavy atom. The summed E-state index contributed by atoms with van der Waals surface area (Å²) in [6, 6.07) is 0. The largest absolute Gasteiger partial charge is 0.356 e. The zero-order valence-electron chi connectivity index (χ0n) is 10.5. The molecule has 1 heterocycles. The molecule has 6 nitrogen and oxygen atoms in total. The van der Waals surface area contributed by atoms with Gasteiger partial charge in [0.05, 0.1) is 0 Å². The number of aliphatic imine (C=N–C) groups is 1. The molecule has 0 spiro atoms. The Morgan fingerprint density at radius 2 is 2.06 bits per heavy atom. The molecule has 17 heavy (non-hydrogen) atoms. The summed E-state index contributed by atoms with van der Waals surface area (Å²) in [4.78, 5) is 8.21. The minimum Gasteiger partial charge on any atom is -0.356 e. The summed E-state index contributed by atoms with van der Waals surface area (Å²) in [5, 5.41) is 10.1. The Hall–Kier alpha value is -0.860. The van der Waals surface area contributed by atoms with Crippen molar-refractivity contribution >= 4 is 29.9 Å². The van der Waals surface area contributed by atoms with E-state index >= 15 is 0 Å². The van der Waals surface area contributed by atoms with E-state index in [1.807, 2.05) is 6.92 Å². The van der Waals surface area contributed by atoms with Crippen LogP contribution < -0.4 is 10.6 Å². The van der Waals surface area contributed by atoms with Gasteiger partial charge in [0.25, 0.3) is 0 Å². The monoisotopic (exact) mass is 353 g/mol. The highest BCUT2D eigenvalue weighted by molar-refractivity contribution is 14.0. The molecule has 0 unspecified atom stereocenters. The van der Waals surface area contributed by atoms with Crippen molar-refractivity contribution in [3.63, 3.8) is 0 Å². The van der Waals surface area contributed by atoms with Gasteiger partial charge in [0, 0.05) is 26.6 Å². The standard InChI is InChI=1S/C10H19N5O.HI/c1-4-6-12-10(11-3)13-7-5-9-14-8(2)15-16-9;/h4-7H2,1-3H3,(H2,11,12,13);1H. The molecule has 7 heteroatoms. The summed E-state index contributed by atoms with van der Waals surface area (Å²) in [5.74, 6) is 2.12. The summed E-state index contributed by atoms with van der Waals surface area (Å²) in [5.41, 5.74) is 0. The first kappa shape index (κ1) is 16.1. The number of aromatic nitrogens is 2. The van der Waals surface area contributed by atoms with E-state index in [0.29, 0.717) is 18.1 Å². The van der Waals surface area contributed by atoms with E-state index < -0.39 is 0 Å². The number of hydrogen-bond acceptors (Lipinski definition) is 4. The van der Waals surface area contributed by atoms with Crippen LogP contribution in [-0.2, 0) is 6.42 Å². The Balaban J connectivity index is 0.00000256. The van der Waals surface area contributed by atoms with Gasteiger partial charge in [-0.1, -0.05) is 12.1 Å². The Morgan fingerprint density at radius 3 is 2.59 bits per heavy atom. The zero-order chi connectivity index (χ0) is 11.8. The van der Waals surface area contributed by atoms with Gasteiger partial charge in [0.15, 0.2) is 11.8 Å². The van der Waals surface area contributed by atoms with Crippen LogP contribution in [0.4, 0.5) is 0 Å². The van der Waals surface area contributed by atoms with Crippen molar-refractivity contribution in [2.45, 2.75) is 26.7 Å². The van der Waals surface area contributed by atoms with Gasteiger partial charge in [0.2, 0.25) is 5.89 Å². The van der Waals surface area contributed by atoms with Gasteiger partial charge in [-0.15, -0.1) is 24.0 Å². The van der Waals surface area contributed by atoms with Crippen molar-refractivity contribution in [1.82, 2.24) is 20.8 Å². The van der Waals surface area contributed by atoms with Crippen LogP contribution in [0.15, 0.2) is 9.52 Å². The Kier molecular flexibility index (Phi) is 8.73. The van der Waals surface area contributed by atoms with Crippen LogP contribution in [0, 0.1) is 6.92 Å². The topological polar surface area (TPSA) is 75.3 Å². The minimum absolute atomic E-state index is 0. The maximum absolute atomic E-state index is 5.00. The molecular weight excluding hydrogens is 333 g/mol. The number of halogens is 1. The molecule has 1 aromatic heterocycles. The third-order valence-electron chi connectivity index (χ3n) is 1.97. The van der Waals surface area contributed by atoms with Gasteiger partial charge in [-0.25, -0.2) is 0 Å². The lowest BCUT2D eigenvalue weighted by atomic mass is 10.4. The second kappa shape index (κ2) is 9.20. The normalized spacial score (nSPS) is 10.9. The minimum atomic E-state index is 0. The highest BCUT2D eigenvalue weighted by Gasteiger charge is 2.02. The van der Waals surface area contributed by atoms with Gasteiger partial charge in [-0.05, 0) is 13.3 Å². The van der Waals surface area contributed by atoms with Crippen molar-refractivity contribution < 1.29 is 4.52 Å². The predicted octanol–water partition coefficient (Wildman–Crippen LogP) is 1.11. The SMILES string of the molecule is CCCNC(=NC)NCCc1nc(C)no1.I. The average Bonchev–Trinajstić information content (AvgIpc) is 2.69. The van der Waals surface area contributed by atoms with E-state index in [2.05, 4.69) is 32.7 Å². The van der Waals surface area contributed by atoms with Crippen LogP contribution >= 0.6 is 24.0 Å². The zero-order valence-corrected chi connectivity index (χ0v) is 12.8. The van der Waals surface area contributed by atoms with E-state index in [1.165, 1.54) is 0 Å². The predicted molar refractivity (Wildman–Crippen MR) is 77.8 cm³/mol. The Labute approximate surface area is 119 Å². The number of hydrogen-bond donors (Lipinski definition) is 2. The summed E-state index contributed by atoms with van der Waals surface area (Å²) < 4.78 is 5.00. The molecule has 0 bridgehead atoms. The molecule has 0 amide bonds. The van der Waals surface area contributed by atoms with Gasteiger partial charge in [-0.2, -0.15) is 4.98 Å². The molecule has 0 atom stereocenters. The summed E-state index contributed by atoms with van der Waals surface area (Å²) in [6.07, 6.45) is 1.78. The Bertz CT molecular complexity index is 339. The molecule has 0 saturated carbocycles. The fraction of sp³-hybridized carbons (Fsp3) is 0.700. The second-order valence-electron chi connectivity index (χ2n) is 3.41. The van der Waals surface area contributed by atoms with Crippen molar-refractivity contribution in [1.29, 1.82) is 0 Å². The lowest BCUT2D eigenvalue weighted by Gasteiger charge is -2.09. The molecular formula is C10H20IN5O. The van der Waals surface area contributed by atoms with E-state index in [9.17, 15) is 0 Å². The molecule has 0 aliphatic heterocycles. The number of rotatable bonds is 5. The average molecular weight is 353 g/mol. The highest BCUT2D eigenvalue weighted by Crippen LogP contribution is 1.95. The first-order chi connectivity index (χ1) is 7.76. The summed E-state index contributed by atoms with van der Waals surface area (Å²) in [6.45, 7) is 5.56. The molecule has 0 radical (unpaired) electrons. The summed E-state index contributed by atoms with van der Waals surface area (Å²) in [7, 11) is 1.75. The second-order valence-corrected chi connectivity index (χ2v) is 3.41. The van der Waals surface area contributed by atoms with Crippen molar-refractivity contribution in [3.05, 3.63) is 11.7 Å². The third-order valence-corrected chi connectivity index (χ3v) is 1.97. The van der Waals surface area contributed by atoms with Crippen molar-refractivity contribution in [2.24, 2.45) is 4.99 Å². The fourth-order valence-corrected chi connectivity index (χ4v) is 1.19. The van der Waals surface area contributed by atoms with Crippen molar-refractivity contribution in [2.75, 3.05) is 20.1 Å². The molecule has 0 aromatic carbocycles. The third kappa shape index (κ3) is 6.44. The molecule has 0 aliphatic rings. The molecule has 0 saturated heterocycles. The molecule has 0 fully saturated rings. The summed E-state index contributed by atoms with van der Waals surface area (Å²) >= 11 is 0. The van der Waals surface area contributed by atoms with Crippen LogP contribution in [0.2, 0.25) is 0 Å². The quantitative estimate of drug-likeness (QED) is 0.471. The highest BCUT2D eigenvalue weighted by atomic mass is 127. The molecule has 0 aliphatic carbocycles. The van der Waals surface area contributed by atoms with E-state index in [4.69, 9.17) is 4.52 Å². The van der Waals surface area contributed by atoms with Crippen LogP contribution in [-0.4, -0.2) is 36.2 Å². The first-order valence-corrected chi connectivity index (χ1v) is 5.50. The van der Waals surface area contributed by atoms with Gasteiger partial charge < -0.3 is 15.2 Å². The van der Waals surface area contributed by atoms with E-state index in [-0.39, 0.29) is 24.0 Å². The number of nitrogens with one attached hydrogen (secondary N) is 2. The maximum atomic E-state index is 5.00. The van der Waals surface area contributed by atoms with Crippen LogP contribution in [0.3, 0.4) is 0 Å². The van der Waals surface area contributed by atoms with E-state index in [1.54, 1.807) is 7.05 Å². The van der Waals surface area contributed by atoms with Gasteiger partial charge >= 0.3 is 0 Å². The van der Waals surface area contributed by atoms with Gasteiger partial charge in [0.1, 0.15) is 0 Å².